The Morgan fingerprint density at radius 2 is 2.19 bits per heavy atom. The molecule has 16 heavy (non-hydrogen) atoms. The number of benzene rings is 1. The molecule has 1 aliphatic rings. The number of nitrogens with one attached hydrogen (secondary N) is 1. The lowest BCUT2D eigenvalue weighted by Gasteiger charge is -2.42. The van der Waals surface area contributed by atoms with Gasteiger partial charge in [0, 0.05) is 17.0 Å². The van der Waals surface area contributed by atoms with Crippen molar-refractivity contribution in [3.05, 3.63) is 34.9 Å². The highest BCUT2D eigenvalue weighted by Gasteiger charge is 2.36. The number of halogens is 1. The fraction of sp³-hybridized carbons (Fsp3) is 0.571. The number of hydrogen-bond donors (Lipinski definition) is 1. The van der Waals surface area contributed by atoms with Gasteiger partial charge in [-0.3, -0.25) is 0 Å². The zero-order valence-corrected chi connectivity index (χ0v) is 10.8. The fourth-order valence-electron chi connectivity index (χ4n) is 2.80. The van der Waals surface area contributed by atoms with Gasteiger partial charge in [-0.25, -0.2) is 0 Å². The normalized spacial score (nSPS) is 26.0. The molecule has 0 aromatic heterocycles. The van der Waals surface area contributed by atoms with E-state index in [0.29, 0.717) is 5.92 Å². The minimum atomic E-state index is 0.267. The van der Waals surface area contributed by atoms with Crippen LogP contribution in [-0.2, 0) is 5.41 Å². The first-order chi connectivity index (χ1) is 7.65. The summed E-state index contributed by atoms with van der Waals surface area (Å²) in [4.78, 5) is 0. The van der Waals surface area contributed by atoms with E-state index in [2.05, 4.69) is 37.4 Å². The molecule has 1 unspecified atom stereocenters. The maximum absolute atomic E-state index is 6.11. The van der Waals surface area contributed by atoms with Gasteiger partial charge in [-0.05, 0) is 43.0 Å². The van der Waals surface area contributed by atoms with Gasteiger partial charge in [0.1, 0.15) is 0 Å². The smallest absolute Gasteiger partial charge is 0.0408 e. The second-order valence-electron chi connectivity index (χ2n) is 5.10. The lowest BCUT2D eigenvalue weighted by atomic mass is 9.67. The summed E-state index contributed by atoms with van der Waals surface area (Å²) in [6.07, 6.45) is 2.52. The van der Waals surface area contributed by atoms with Gasteiger partial charge in [0.05, 0.1) is 0 Å². The van der Waals surface area contributed by atoms with Crippen molar-refractivity contribution in [2.75, 3.05) is 13.1 Å². The third-order valence-electron chi connectivity index (χ3n) is 3.92. The molecule has 1 nitrogen and oxygen atoms in total. The Balaban J connectivity index is 2.38. The van der Waals surface area contributed by atoms with Crippen molar-refractivity contribution < 1.29 is 0 Å². The van der Waals surface area contributed by atoms with Crippen LogP contribution in [0.15, 0.2) is 24.3 Å². The molecule has 0 bridgehead atoms. The molecule has 1 atom stereocenters. The SMILES string of the molecule is CC(C)C1(c2cccc(Cl)c2)CCCNC1. The van der Waals surface area contributed by atoms with Crippen molar-refractivity contribution in [2.24, 2.45) is 5.92 Å². The van der Waals surface area contributed by atoms with Gasteiger partial charge in [0.15, 0.2) is 0 Å². The van der Waals surface area contributed by atoms with Crippen LogP contribution in [0, 0.1) is 5.92 Å². The lowest BCUT2D eigenvalue weighted by Crippen LogP contribution is -2.46. The van der Waals surface area contributed by atoms with Crippen molar-refractivity contribution in [3.63, 3.8) is 0 Å². The highest BCUT2D eigenvalue weighted by Crippen LogP contribution is 2.38. The van der Waals surface area contributed by atoms with Gasteiger partial charge in [-0.15, -0.1) is 0 Å². The average molecular weight is 238 g/mol. The van der Waals surface area contributed by atoms with Crippen LogP contribution in [0.25, 0.3) is 0 Å². The summed E-state index contributed by atoms with van der Waals surface area (Å²) in [7, 11) is 0. The summed E-state index contributed by atoms with van der Waals surface area (Å²) in [5.74, 6) is 0.638. The molecular formula is C14H20ClN. The molecule has 0 radical (unpaired) electrons. The van der Waals surface area contributed by atoms with E-state index in [9.17, 15) is 0 Å². The Bertz CT molecular complexity index is 354. The van der Waals surface area contributed by atoms with Gasteiger partial charge in [-0.2, -0.15) is 0 Å². The van der Waals surface area contributed by atoms with E-state index in [1.54, 1.807) is 0 Å². The van der Waals surface area contributed by atoms with Gasteiger partial charge in [0.25, 0.3) is 0 Å². The molecule has 88 valence electrons. The number of hydrogen-bond acceptors (Lipinski definition) is 1. The lowest BCUT2D eigenvalue weighted by molar-refractivity contribution is 0.233. The van der Waals surface area contributed by atoms with Crippen LogP contribution in [0.3, 0.4) is 0 Å². The highest BCUT2D eigenvalue weighted by molar-refractivity contribution is 6.30. The second-order valence-corrected chi connectivity index (χ2v) is 5.54. The topological polar surface area (TPSA) is 12.0 Å². The summed E-state index contributed by atoms with van der Waals surface area (Å²) in [5.41, 5.74) is 1.66. The maximum Gasteiger partial charge on any atom is 0.0408 e. The van der Waals surface area contributed by atoms with Crippen LogP contribution in [-0.4, -0.2) is 13.1 Å². The molecule has 1 heterocycles. The van der Waals surface area contributed by atoms with E-state index in [0.717, 1.165) is 18.1 Å². The number of rotatable bonds is 2. The van der Waals surface area contributed by atoms with E-state index >= 15 is 0 Å². The second kappa shape index (κ2) is 4.77. The van der Waals surface area contributed by atoms with Gasteiger partial charge < -0.3 is 5.32 Å². The number of piperidine rings is 1. The van der Waals surface area contributed by atoms with Gasteiger partial charge in [0.2, 0.25) is 0 Å². The average Bonchev–Trinajstić information content (AvgIpc) is 2.30. The van der Waals surface area contributed by atoms with Crippen LogP contribution in [0.2, 0.25) is 5.02 Å². The molecule has 0 saturated carbocycles. The van der Waals surface area contributed by atoms with Crippen molar-refractivity contribution >= 4 is 11.6 Å². The molecule has 0 spiro atoms. The van der Waals surface area contributed by atoms with Crippen molar-refractivity contribution in [2.45, 2.75) is 32.1 Å². The van der Waals surface area contributed by atoms with Crippen molar-refractivity contribution in [3.8, 4) is 0 Å². The van der Waals surface area contributed by atoms with E-state index in [1.807, 2.05) is 6.07 Å². The van der Waals surface area contributed by atoms with Crippen LogP contribution >= 0.6 is 11.6 Å². The molecule has 1 N–H and O–H groups in total. The van der Waals surface area contributed by atoms with Gasteiger partial charge in [-0.1, -0.05) is 37.6 Å². The minimum absolute atomic E-state index is 0.267. The molecule has 0 aliphatic carbocycles. The minimum Gasteiger partial charge on any atom is -0.316 e. The standard InChI is InChI=1S/C14H20ClN/c1-11(2)14(7-4-8-16-10-14)12-5-3-6-13(15)9-12/h3,5-6,9,11,16H,4,7-8,10H2,1-2H3. The third-order valence-corrected chi connectivity index (χ3v) is 4.16. The van der Waals surface area contributed by atoms with Crippen LogP contribution in [0.5, 0.6) is 0 Å². The summed E-state index contributed by atoms with van der Waals surface area (Å²) in [5, 5.41) is 4.38. The van der Waals surface area contributed by atoms with Gasteiger partial charge >= 0.3 is 0 Å². The third kappa shape index (κ3) is 2.11. The highest BCUT2D eigenvalue weighted by atomic mass is 35.5. The van der Waals surface area contributed by atoms with E-state index in [-0.39, 0.29) is 5.41 Å². The predicted octanol–water partition coefficient (Wildman–Crippen LogP) is 3.62. The molecule has 1 aromatic carbocycles. The monoisotopic (exact) mass is 237 g/mol. The quantitative estimate of drug-likeness (QED) is 0.829. The summed E-state index contributed by atoms with van der Waals surface area (Å²) in [6, 6.07) is 8.37. The zero-order valence-electron chi connectivity index (χ0n) is 10.1. The van der Waals surface area contributed by atoms with E-state index < -0.39 is 0 Å². The van der Waals surface area contributed by atoms with E-state index in [4.69, 9.17) is 11.6 Å². The molecule has 1 aromatic rings. The Labute approximate surface area is 103 Å². The molecule has 1 aliphatic heterocycles. The largest absolute Gasteiger partial charge is 0.316 e. The van der Waals surface area contributed by atoms with Crippen LogP contribution < -0.4 is 5.32 Å². The maximum atomic E-state index is 6.11. The first kappa shape index (κ1) is 11.9. The van der Waals surface area contributed by atoms with Crippen LogP contribution in [0.4, 0.5) is 0 Å². The molecule has 1 saturated heterocycles. The summed E-state index contributed by atoms with van der Waals surface area (Å²) in [6.45, 7) is 6.85. The molecule has 1 fully saturated rings. The predicted molar refractivity (Wildman–Crippen MR) is 70.1 cm³/mol. The Morgan fingerprint density at radius 3 is 2.75 bits per heavy atom. The molecule has 2 rings (SSSR count). The van der Waals surface area contributed by atoms with Crippen LogP contribution in [0.1, 0.15) is 32.3 Å². The first-order valence-corrected chi connectivity index (χ1v) is 6.50. The van der Waals surface area contributed by atoms with E-state index in [1.165, 1.54) is 18.4 Å². The fourth-order valence-corrected chi connectivity index (χ4v) is 2.99. The Morgan fingerprint density at radius 1 is 1.38 bits per heavy atom. The Kier molecular flexibility index (Phi) is 3.56. The molecule has 2 heteroatoms. The summed E-state index contributed by atoms with van der Waals surface area (Å²) < 4.78 is 0. The Hall–Kier alpha value is -0.530. The first-order valence-electron chi connectivity index (χ1n) is 6.12. The van der Waals surface area contributed by atoms with Crippen molar-refractivity contribution in [1.29, 1.82) is 0 Å². The molecular weight excluding hydrogens is 218 g/mol. The zero-order chi connectivity index (χ0) is 11.6. The molecule has 0 amide bonds. The summed E-state index contributed by atoms with van der Waals surface area (Å²) >= 11 is 6.11. The van der Waals surface area contributed by atoms with Crippen molar-refractivity contribution in [1.82, 2.24) is 5.32 Å².